The molecule has 0 heterocycles. The molecular formula is C19H22ClNO3. The highest BCUT2D eigenvalue weighted by Gasteiger charge is 2.22. The average Bonchev–Trinajstić information content (AvgIpc) is 2.60. The van der Waals surface area contributed by atoms with Gasteiger partial charge in [-0.25, -0.2) is 0 Å². The lowest BCUT2D eigenvalue weighted by Crippen LogP contribution is -2.35. The Morgan fingerprint density at radius 1 is 1.17 bits per heavy atom. The Hall–Kier alpha value is -2.04. The second-order valence-electron chi connectivity index (χ2n) is 5.73. The molecule has 0 spiro atoms. The van der Waals surface area contributed by atoms with Crippen LogP contribution in [0.3, 0.4) is 0 Å². The average molecular weight is 348 g/mol. The monoisotopic (exact) mass is 347 g/mol. The van der Waals surface area contributed by atoms with E-state index >= 15 is 0 Å². The highest BCUT2D eigenvalue weighted by Crippen LogP contribution is 2.24. The van der Waals surface area contributed by atoms with Gasteiger partial charge in [0.1, 0.15) is 5.75 Å². The fourth-order valence-electron chi connectivity index (χ4n) is 2.24. The van der Waals surface area contributed by atoms with Crippen molar-refractivity contribution in [2.45, 2.75) is 19.4 Å². The number of nitrogens with one attached hydrogen (secondary N) is 1. The first-order chi connectivity index (χ1) is 11.6. The Kier molecular flexibility index (Phi) is 7.09. The van der Waals surface area contributed by atoms with Crippen LogP contribution in [-0.4, -0.2) is 24.2 Å². The highest BCUT2D eigenvalue weighted by atomic mass is 35.5. The Balaban J connectivity index is 2.11. The molecule has 0 saturated heterocycles. The Bertz CT molecular complexity index is 631. The van der Waals surface area contributed by atoms with Gasteiger partial charge in [-0.05, 0) is 36.6 Å². The van der Waals surface area contributed by atoms with Crippen molar-refractivity contribution in [2.24, 2.45) is 5.92 Å². The number of rotatable bonds is 8. The minimum Gasteiger partial charge on any atom is -0.476 e. The van der Waals surface area contributed by atoms with E-state index in [1.807, 2.05) is 37.3 Å². The van der Waals surface area contributed by atoms with Crippen molar-refractivity contribution in [3.8, 4) is 5.75 Å². The normalized spacial score (nSPS) is 13.1. The highest BCUT2D eigenvalue weighted by molar-refractivity contribution is 6.30. The van der Waals surface area contributed by atoms with Gasteiger partial charge in [-0.1, -0.05) is 48.9 Å². The summed E-state index contributed by atoms with van der Waals surface area (Å²) in [7, 11) is 0. The molecule has 0 aliphatic rings. The van der Waals surface area contributed by atoms with E-state index in [2.05, 4.69) is 5.32 Å². The van der Waals surface area contributed by atoms with Crippen LogP contribution in [-0.2, 0) is 4.79 Å². The van der Waals surface area contributed by atoms with Gasteiger partial charge in [-0.2, -0.15) is 0 Å². The summed E-state index contributed by atoms with van der Waals surface area (Å²) >= 11 is 5.89. The maximum Gasteiger partial charge on any atom is 0.265 e. The summed E-state index contributed by atoms with van der Waals surface area (Å²) in [6.07, 6.45) is -0.0948. The summed E-state index contributed by atoms with van der Waals surface area (Å²) in [6, 6.07) is 16.3. The van der Waals surface area contributed by atoms with E-state index in [0.717, 1.165) is 5.56 Å². The maximum absolute atomic E-state index is 12.6. The number of hydrogen-bond acceptors (Lipinski definition) is 3. The van der Waals surface area contributed by atoms with E-state index in [0.29, 0.717) is 23.7 Å². The van der Waals surface area contributed by atoms with Gasteiger partial charge < -0.3 is 15.2 Å². The van der Waals surface area contributed by atoms with Gasteiger partial charge in [0.25, 0.3) is 5.91 Å². The van der Waals surface area contributed by atoms with Crippen LogP contribution < -0.4 is 10.1 Å². The third-order valence-electron chi connectivity index (χ3n) is 3.65. The largest absolute Gasteiger partial charge is 0.476 e. The number of benzene rings is 2. The van der Waals surface area contributed by atoms with Gasteiger partial charge in [0.2, 0.25) is 6.10 Å². The van der Waals surface area contributed by atoms with Gasteiger partial charge in [0.05, 0.1) is 0 Å². The minimum atomic E-state index is -0.742. The molecule has 0 aromatic heterocycles. The fourth-order valence-corrected chi connectivity index (χ4v) is 2.37. The van der Waals surface area contributed by atoms with Crippen molar-refractivity contribution in [1.29, 1.82) is 0 Å². The number of carbonyl (C=O) groups excluding carboxylic acids is 1. The van der Waals surface area contributed by atoms with Crippen molar-refractivity contribution in [3.63, 3.8) is 0 Å². The smallest absolute Gasteiger partial charge is 0.265 e. The van der Waals surface area contributed by atoms with E-state index in [1.54, 1.807) is 24.3 Å². The van der Waals surface area contributed by atoms with E-state index in [4.69, 9.17) is 21.4 Å². The number of halogens is 1. The van der Waals surface area contributed by atoms with Crippen LogP contribution in [0, 0.1) is 5.92 Å². The molecular weight excluding hydrogens is 326 g/mol. The number of hydrogen-bond donors (Lipinski definition) is 2. The molecule has 5 heteroatoms. The molecule has 0 fully saturated rings. The summed E-state index contributed by atoms with van der Waals surface area (Å²) in [4.78, 5) is 12.6. The van der Waals surface area contributed by atoms with E-state index < -0.39 is 6.10 Å². The summed E-state index contributed by atoms with van der Waals surface area (Å²) in [5.41, 5.74) is 0.778. The standard InChI is InChI=1S/C19H22ClNO3/c1-14(11-12-22)13-21-19(23)18(15-5-3-2-4-6-15)24-17-9-7-16(20)8-10-17/h2-10,14,18,22H,11-13H2,1H3,(H,21,23). The van der Waals surface area contributed by atoms with Crippen molar-refractivity contribution in [1.82, 2.24) is 5.32 Å². The molecule has 4 nitrogen and oxygen atoms in total. The van der Waals surface area contributed by atoms with Crippen molar-refractivity contribution >= 4 is 17.5 Å². The van der Waals surface area contributed by atoms with E-state index in [9.17, 15) is 4.79 Å². The second kappa shape index (κ2) is 9.30. The van der Waals surface area contributed by atoms with Crippen molar-refractivity contribution < 1.29 is 14.6 Å². The molecule has 0 aliphatic heterocycles. The number of ether oxygens (including phenoxy) is 1. The SMILES string of the molecule is CC(CCO)CNC(=O)C(Oc1ccc(Cl)cc1)c1ccccc1. The second-order valence-corrected chi connectivity index (χ2v) is 6.16. The summed E-state index contributed by atoms with van der Waals surface area (Å²) in [5.74, 6) is 0.568. The van der Waals surface area contributed by atoms with Crippen LogP contribution in [0.25, 0.3) is 0 Å². The fraction of sp³-hybridized carbons (Fsp3) is 0.316. The molecule has 2 aromatic carbocycles. The van der Waals surface area contributed by atoms with Gasteiger partial charge >= 0.3 is 0 Å². The summed E-state index contributed by atoms with van der Waals surface area (Å²) < 4.78 is 5.89. The molecule has 24 heavy (non-hydrogen) atoms. The van der Waals surface area contributed by atoms with E-state index in [-0.39, 0.29) is 18.4 Å². The molecule has 2 N–H and O–H groups in total. The number of amides is 1. The zero-order chi connectivity index (χ0) is 17.4. The predicted octanol–water partition coefficient (Wildman–Crippen LogP) is 3.59. The molecule has 0 saturated carbocycles. The quantitative estimate of drug-likeness (QED) is 0.767. The lowest BCUT2D eigenvalue weighted by atomic mass is 10.1. The van der Waals surface area contributed by atoms with Crippen LogP contribution >= 0.6 is 11.6 Å². The van der Waals surface area contributed by atoms with Crippen LogP contribution in [0.5, 0.6) is 5.75 Å². The number of carbonyl (C=O) groups is 1. The molecule has 2 aromatic rings. The third kappa shape index (κ3) is 5.55. The maximum atomic E-state index is 12.6. The van der Waals surface area contributed by atoms with Gasteiger partial charge in [-0.15, -0.1) is 0 Å². The molecule has 0 radical (unpaired) electrons. The van der Waals surface area contributed by atoms with Crippen LogP contribution in [0.15, 0.2) is 54.6 Å². The molecule has 2 atom stereocenters. The summed E-state index contributed by atoms with van der Waals surface area (Å²) in [6.45, 7) is 2.58. The zero-order valence-corrected chi connectivity index (χ0v) is 14.4. The molecule has 0 bridgehead atoms. The lowest BCUT2D eigenvalue weighted by molar-refractivity contribution is -0.128. The zero-order valence-electron chi connectivity index (χ0n) is 13.6. The Morgan fingerprint density at radius 2 is 1.83 bits per heavy atom. The number of aliphatic hydroxyl groups is 1. The first-order valence-electron chi connectivity index (χ1n) is 7.96. The van der Waals surface area contributed by atoms with E-state index in [1.165, 1.54) is 0 Å². The Morgan fingerprint density at radius 3 is 2.46 bits per heavy atom. The molecule has 2 rings (SSSR count). The van der Waals surface area contributed by atoms with Crippen LogP contribution in [0.4, 0.5) is 0 Å². The van der Waals surface area contributed by atoms with Crippen LogP contribution in [0.1, 0.15) is 25.0 Å². The van der Waals surface area contributed by atoms with Crippen molar-refractivity contribution in [3.05, 3.63) is 65.2 Å². The topological polar surface area (TPSA) is 58.6 Å². The van der Waals surface area contributed by atoms with Gasteiger partial charge in [0.15, 0.2) is 0 Å². The first-order valence-corrected chi connectivity index (χ1v) is 8.33. The molecule has 2 unspecified atom stereocenters. The predicted molar refractivity (Wildman–Crippen MR) is 95.1 cm³/mol. The summed E-state index contributed by atoms with van der Waals surface area (Å²) in [5, 5.41) is 12.5. The van der Waals surface area contributed by atoms with Gasteiger partial charge in [-0.3, -0.25) is 4.79 Å². The van der Waals surface area contributed by atoms with Crippen LogP contribution in [0.2, 0.25) is 5.02 Å². The van der Waals surface area contributed by atoms with Crippen molar-refractivity contribution in [2.75, 3.05) is 13.2 Å². The molecule has 0 aliphatic carbocycles. The Labute approximate surface area is 147 Å². The molecule has 128 valence electrons. The van der Waals surface area contributed by atoms with Gasteiger partial charge in [0, 0.05) is 23.7 Å². The third-order valence-corrected chi connectivity index (χ3v) is 3.91. The lowest BCUT2D eigenvalue weighted by Gasteiger charge is -2.20. The minimum absolute atomic E-state index is 0.112. The molecule has 1 amide bonds. The first kappa shape index (κ1) is 18.3. The number of aliphatic hydroxyl groups excluding tert-OH is 1.